The molecule has 1 rings (SSSR count). The van der Waals surface area contributed by atoms with Crippen LogP contribution in [0.2, 0.25) is 0 Å². The lowest BCUT2D eigenvalue weighted by atomic mass is 9.75. The summed E-state index contributed by atoms with van der Waals surface area (Å²) in [5, 5.41) is 3.96. The van der Waals surface area contributed by atoms with Gasteiger partial charge in [-0.3, -0.25) is 4.79 Å². The van der Waals surface area contributed by atoms with Gasteiger partial charge in [-0.15, -0.1) is 11.8 Å². The van der Waals surface area contributed by atoms with Crippen LogP contribution in [0.25, 0.3) is 0 Å². The first kappa shape index (κ1) is 14.8. The summed E-state index contributed by atoms with van der Waals surface area (Å²) in [6, 6.07) is 0.558. The summed E-state index contributed by atoms with van der Waals surface area (Å²) in [5.41, 5.74) is 0.423. The number of amides is 1. The monoisotopic (exact) mass is 258 g/mol. The standard InChI is InChI=1S/C13H26N2OS/c1-13(2)7-6-10(14-3)11(8-13)17-9-12(16)15(4)5/h10-11,14H,6-9H2,1-5H3. The molecule has 1 aliphatic rings. The van der Waals surface area contributed by atoms with E-state index in [1.54, 1.807) is 4.90 Å². The fourth-order valence-corrected chi connectivity index (χ4v) is 4.02. The first-order valence-corrected chi connectivity index (χ1v) is 7.39. The Bertz CT molecular complexity index is 266. The summed E-state index contributed by atoms with van der Waals surface area (Å²) < 4.78 is 0. The third-order valence-electron chi connectivity index (χ3n) is 3.63. The molecule has 17 heavy (non-hydrogen) atoms. The van der Waals surface area contributed by atoms with E-state index in [9.17, 15) is 4.79 Å². The topological polar surface area (TPSA) is 32.3 Å². The minimum Gasteiger partial charge on any atom is -0.348 e. The second-order valence-corrected chi connectivity index (χ2v) is 7.17. The zero-order valence-corrected chi connectivity index (χ0v) is 12.6. The highest BCUT2D eigenvalue weighted by Gasteiger charge is 2.34. The predicted molar refractivity (Wildman–Crippen MR) is 75.4 cm³/mol. The summed E-state index contributed by atoms with van der Waals surface area (Å²) in [6.45, 7) is 4.67. The van der Waals surface area contributed by atoms with E-state index in [-0.39, 0.29) is 5.91 Å². The van der Waals surface area contributed by atoms with Crippen molar-refractivity contribution >= 4 is 17.7 Å². The maximum Gasteiger partial charge on any atom is 0.232 e. The molecule has 1 aliphatic carbocycles. The first-order valence-electron chi connectivity index (χ1n) is 6.35. The van der Waals surface area contributed by atoms with Crippen LogP contribution in [0.1, 0.15) is 33.1 Å². The fourth-order valence-electron chi connectivity index (χ4n) is 2.33. The molecule has 2 unspecified atom stereocenters. The molecule has 3 nitrogen and oxygen atoms in total. The van der Waals surface area contributed by atoms with Crippen LogP contribution >= 0.6 is 11.8 Å². The number of thioether (sulfide) groups is 1. The minimum absolute atomic E-state index is 0.216. The highest BCUT2D eigenvalue weighted by molar-refractivity contribution is 8.00. The van der Waals surface area contributed by atoms with E-state index in [1.807, 2.05) is 32.9 Å². The fraction of sp³-hybridized carbons (Fsp3) is 0.923. The van der Waals surface area contributed by atoms with Crippen LogP contribution in [0.4, 0.5) is 0 Å². The average Bonchev–Trinajstić information content (AvgIpc) is 2.24. The van der Waals surface area contributed by atoms with Crippen molar-refractivity contribution in [2.45, 2.75) is 44.4 Å². The molecule has 0 bridgehead atoms. The normalized spacial score (nSPS) is 27.8. The Kier molecular flexibility index (Phi) is 5.32. The summed E-state index contributed by atoms with van der Waals surface area (Å²) in [7, 11) is 5.68. The van der Waals surface area contributed by atoms with Gasteiger partial charge in [-0.25, -0.2) is 0 Å². The van der Waals surface area contributed by atoms with Gasteiger partial charge in [0.1, 0.15) is 0 Å². The smallest absolute Gasteiger partial charge is 0.232 e. The van der Waals surface area contributed by atoms with Gasteiger partial charge in [0.15, 0.2) is 0 Å². The van der Waals surface area contributed by atoms with E-state index in [4.69, 9.17) is 0 Å². The van der Waals surface area contributed by atoms with Crippen molar-refractivity contribution in [2.24, 2.45) is 5.41 Å². The Labute approximate surface area is 110 Å². The number of hydrogen-bond donors (Lipinski definition) is 1. The lowest BCUT2D eigenvalue weighted by Crippen LogP contribution is -2.43. The summed E-state index contributed by atoms with van der Waals surface area (Å²) in [5.74, 6) is 0.819. The third-order valence-corrected chi connectivity index (χ3v) is 4.96. The minimum atomic E-state index is 0.216. The second kappa shape index (κ2) is 6.10. The molecule has 0 spiro atoms. The predicted octanol–water partition coefficient (Wildman–Crippen LogP) is 1.97. The van der Waals surface area contributed by atoms with Crippen molar-refractivity contribution in [1.82, 2.24) is 10.2 Å². The molecule has 100 valence electrons. The molecule has 0 aromatic heterocycles. The Morgan fingerprint density at radius 3 is 2.65 bits per heavy atom. The number of nitrogens with zero attached hydrogens (tertiary/aromatic N) is 1. The number of nitrogens with one attached hydrogen (secondary N) is 1. The number of hydrogen-bond acceptors (Lipinski definition) is 3. The quantitative estimate of drug-likeness (QED) is 0.837. The van der Waals surface area contributed by atoms with Crippen LogP contribution in [-0.4, -0.2) is 49.0 Å². The maximum atomic E-state index is 11.6. The molecule has 2 atom stereocenters. The lowest BCUT2D eigenvalue weighted by molar-refractivity contribution is -0.125. The van der Waals surface area contributed by atoms with Crippen LogP contribution in [0.3, 0.4) is 0 Å². The Morgan fingerprint density at radius 2 is 2.12 bits per heavy atom. The zero-order valence-electron chi connectivity index (χ0n) is 11.7. The SMILES string of the molecule is CNC1CCC(C)(C)CC1SCC(=O)N(C)C. The number of carbonyl (C=O) groups is 1. The molecule has 0 radical (unpaired) electrons. The van der Waals surface area contributed by atoms with Crippen LogP contribution in [0.5, 0.6) is 0 Å². The molecule has 0 saturated heterocycles. The number of rotatable bonds is 4. The number of carbonyl (C=O) groups excluding carboxylic acids is 1. The first-order chi connectivity index (χ1) is 7.85. The second-order valence-electron chi connectivity index (χ2n) is 5.94. The van der Waals surface area contributed by atoms with E-state index in [2.05, 4.69) is 19.2 Å². The zero-order chi connectivity index (χ0) is 13.1. The Hall–Kier alpha value is -0.220. The van der Waals surface area contributed by atoms with E-state index in [1.165, 1.54) is 19.3 Å². The van der Waals surface area contributed by atoms with Crippen molar-refractivity contribution in [3.05, 3.63) is 0 Å². The Morgan fingerprint density at radius 1 is 1.47 bits per heavy atom. The lowest BCUT2D eigenvalue weighted by Gasteiger charge is -2.40. The van der Waals surface area contributed by atoms with Gasteiger partial charge >= 0.3 is 0 Å². The van der Waals surface area contributed by atoms with E-state index < -0.39 is 0 Å². The van der Waals surface area contributed by atoms with E-state index >= 15 is 0 Å². The van der Waals surface area contributed by atoms with Crippen LogP contribution in [0.15, 0.2) is 0 Å². The highest BCUT2D eigenvalue weighted by atomic mass is 32.2. The summed E-state index contributed by atoms with van der Waals surface area (Å²) in [6.07, 6.45) is 3.69. The summed E-state index contributed by atoms with van der Waals surface area (Å²) in [4.78, 5) is 13.3. The molecular formula is C13H26N2OS. The molecule has 4 heteroatoms. The largest absolute Gasteiger partial charge is 0.348 e. The van der Waals surface area contributed by atoms with Crippen molar-refractivity contribution in [3.8, 4) is 0 Å². The van der Waals surface area contributed by atoms with Crippen LogP contribution in [0, 0.1) is 5.41 Å². The van der Waals surface area contributed by atoms with Gasteiger partial charge in [0.25, 0.3) is 0 Å². The molecular weight excluding hydrogens is 232 g/mol. The van der Waals surface area contributed by atoms with Crippen molar-refractivity contribution in [2.75, 3.05) is 26.9 Å². The average molecular weight is 258 g/mol. The Balaban J connectivity index is 2.50. The van der Waals surface area contributed by atoms with Crippen molar-refractivity contribution in [1.29, 1.82) is 0 Å². The van der Waals surface area contributed by atoms with Gasteiger partial charge in [0, 0.05) is 25.4 Å². The van der Waals surface area contributed by atoms with Gasteiger partial charge in [-0.05, 0) is 31.7 Å². The van der Waals surface area contributed by atoms with Gasteiger partial charge in [-0.2, -0.15) is 0 Å². The van der Waals surface area contributed by atoms with E-state index in [0.29, 0.717) is 22.5 Å². The van der Waals surface area contributed by atoms with Gasteiger partial charge in [0.05, 0.1) is 5.75 Å². The van der Waals surface area contributed by atoms with Crippen LogP contribution < -0.4 is 5.32 Å². The van der Waals surface area contributed by atoms with Gasteiger partial charge < -0.3 is 10.2 Å². The molecule has 1 saturated carbocycles. The third kappa shape index (κ3) is 4.51. The molecule has 0 aromatic rings. The molecule has 0 heterocycles. The van der Waals surface area contributed by atoms with Gasteiger partial charge in [-0.1, -0.05) is 13.8 Å². The molecule has 1 amide bonds. The van der Waals surface area contributed by atoms with Crippen molar-refractivity contribution < 1.29 is 4.79 Å². The molecule has 1 fully saturated rings. The van der Waals surface area contributed by atoms with Crippen LogP contribution in [-0.2, 0) is 4.79 Å². The van der Waals surface area contributed by atoms with E-state index in [0.717, 1.165) is 0 Å². The molecule has 0 aliphatic heterocycles. The maximum absolute atomic E-state index is 11.6. The molecule has 0 aromatic carbocycles. The highest BCUT2D eigenvalue weighted by Crippen LogP contribution is 2.40. The van der Waals surface area contributed by atoms with Crippen molar-refractivity contribution in [3.63, 3.8) is 0 Å². The molecule has 1 N–H and O–H groups in total. The summed E-state index contributed by atoms with van der Waals surface area (Å²) >= 11 is 1.82. The van der Waals surface area contributed by atoms with Gasteiger partial charge in [0.2, 0.25) is 5.91 Å².